The van der Waals surface area contributed by atoms with Gasteiger partial charge in [-0.05, 0) is 54.8 Å². The molecule has 1 aliphatic rings. The number of likely N-dealkylation sites (tertiary alicyclic amines) is 1. The largest absolute Gasteiger partial charge is 0.497 e. The predicted molar refractivity (Wildman–Crippen MR) is 126 cm³/mol. The first kappa shape index (κ1) is 23.3. The Balaban J connectivity index is 1.26. The first-order valence-electron chi connectivity index (χ1n) is 11.4. The summed E-state index contributed by atoms with van der Waals surface area (Å²) in [6.45, 7) is 2.51. The Kier molecular flexibility index (Phi) is 7.41. The minimum atomic E-state index is -0.183. The third-order valence-corrected chi connectivity index (χ3v) is 5.86. The molecule has 9 nitrogen and oxygen atoms in total. The highest BCUT2D eigenvalue weighted by molar-refractivity contribution is 5.94. The van der Waals surface area contributed by atoms with Crippen LogP contribution in [0.4, 0.5) is 4.79 Å². The average Bonchev–Trinajstić information content (AvgIpc) is 3.58. The number of carbonyl (C=O) groups is 2. The Morgan fingerprint density at radius 3 is 2.47 bits per heavy atom. The lowest BCUT2D eigenvalue weighted by Crippen LogP contribution is -2.38. The molecule has 0 radical (unpaired) electrons. The van der Waals surface area contributed by atoms with Gasteiger partial charge >= 0.3 is 6.03 Å². The summed E-state index contributed by atoms with van der Waals surface area (Å²) in [6.07, 6.45) is 2.59. The smallest absolute Gasteiger partial charge is 0.317 e. The number of benzene rings is 2. The van der Waals surface area contributed by atoms with Gasteiger partial charge in [0, 0.05) is 50.8 Å². The zero-order valence-electron chi connectivity index (χ0n) is 19.5. The molecule has 0 bridgehead atoms. The molecule has 178 valence electrons. The molecule has 3 amide bonds. The van der Waals surface area contributed by atoms with Crippen molar-refractivity contribution >= 4 is 11.9 Å². The van der Waals surface area contributed by atoms with Crippen LogP contribution in [0.5, 0.6) is 5.75 Å². The van der Waals surface area contributed by atoms with Crippen molar-refractivity contribution in [1.82, 2.24) is 25.3 Å². The number of hydrogen-bond acceptors (Lipinski definition) is 6. The number of likely N-dealkylation sites (N-methyl/N-ethyl adjacent to an activating group) is 1. The normalized spacial score (nSPS) is 13.1. The van der Waals surface area contributed by atoms with Gasteiger partial charge in [0.05, 0.1) is 7.11 Å². The van der Waals surface area contributed by atoms with E-state index in [0.717, 1.165) is 42.8 Å². The molecule has 0 unspecified atom stereocenters. The molecule has 0 atom stereocenters. The standard InChI is InChI=1S/C25H29N5O4/c1-29(25(32)26-17-18-5-11-21(33-2)12-6-18)16-13-22-27-23(34-28-22)19-7-9-20(10-8-19)24(31)30-14-3-4-15-30/h5-12H,3-4,13-17H2,1-2H3,(H,26,32). The van der Waals surface area contributed by atoms with E-state index in [1.807, 2.05) is 41.3 Å². The van der Waals surface area contributed by atoms with Gasteiger partial charge in [-0.3, -0.25) is 4.79 Å². The maximum Gasteiger partial charge on any atom is 0.317 e. The van der Waals surface area contributed by atoms with Gasteiger partial charge in [-0.25, -0.2) is 4.79 Å². The molecular weight excluding hydrogens is 434 g/mol. The van der Waals surface area contributed by atoms with E-state index in [1.165, 1.54) is 0 Å². The van der Waals surface area contributed by atoms with Crippen LogP contribution in [0.2, 0.25) is 0 Å². The number of carbonyl (C=O) groups excluding carboxylic acids is 2. The van der Waals surface area contributed by atoms with Crippen LogP contribution in [0.3, 0.4) is 0 Å². The highest BCUT2D eigenvalue weighted by Gasteiger charge is 2.20. The molecule has 3 aromatic rings. The Morgan fingerprint density at radius 2 is 1.79 bits per heavy atom. The quantitative estimate of drug-likeness (QED) is 0.550. The van der Waals surface area contributed by atoms with E-state index in [4.69, 9.17) is 9.26 Å². The molecule has 0 saturated carbocycles. The molecule has 0 aliphatic carbocycles. The van der Waals surface area contributed by atoms with Gasteiger partial charge in [0.1, 0.15) is 5.75 Å². The molecule has 4 rings (SSSR count). The number of ether oxygens (including phenoxy) is 1. The Morgan fingerprint density at radius 1 is 1.09 bits per heavy atom. The van der Waals surface area contributed by atoms with Crippen LogP contribution < -0.4 is 10.1 Å². The number of nitrogens with one attached hydrogen (secondary N) is 1. The van der Waals surface area contributed by atoms with Gasteiger partial charge in [0.2, 0.25) is 0 Å². The van der Waals surface area contributed by atoms with Crippen molar-refractivity contribution in [3.63, 3.8) is 0 Å². The maximum absolute atomic E-state index is 12.5. The van der Waals surface area contributed by atoms with Gasteiger partial charge in [0.15, 0.2) is 5.82 Å². The summed E-state index contributed by atoms with van der Waals surface area (Å²) in [6, 6.07) is 14.6. The molecule has 1 fully saturated rings. The molecule has 0 spiro atoms. The fourth-order valence-corrected chi connectivity index (χ4v) is 3.76. The molecule has 1 aromatic heterocycles. The van der Waals surface area contributed by atoms with Crippen LogP contribution in [0.25, 0.3) is 11.5 Å². The van der Waals surface area contributed by atoms with Crippen LogP contribution in [-0.2, 0) is 13.0 Å². The summed E-state index contributed by atoms with van der Waals surface area (Å²) in [5.41, 5.74) is 2.40. The molecule has 34 heavy (non-hydrogen) atoms. The minimum absolute atomic E-state index is 0.0589. The summed E-state index contributed by atoms with van der Waals surface area (Å²) in [7, 11) is 3.34. The number of aromatic nitrogens is 2. The molecule has 2 heterocycles. The Bertz CT molecular complexity index is 1110. The minimum Gasteiger partial charge on any atom is -0.497 e. The number of rotatable bonds is 8. The van der Waals surface area contributed by atoms with Crippen molar-refractivity contribution in [2.24, 2.45) is 0 Å². The first-order valence-corrected chi connectivity index (χ1v) is 11.4. The van der Waals surface area contributed by atoms with Crippen molar-refractivity contribution in [3.8, 4) is 17.2 Å². The molecule has 1 saturated heterocycles. The highest BCUT2D eigenvalue weighted by atomic mass is 16.5. The zero-order valence-corrected chi connectivity index (χ0v) is 19.5. The fraction of sp³-hybridized carbons (Fsp3) is 0.360. The Hall–Kier alpha value is -3.88. The lowest BCUT2D eigenvalue weighted by atomic mass is 10.1. The molecule has 1 N–H and O–H groups in total. The summed E-state index contributed by atoms with van der Waals surface area (Å²) < 4.78 is 10.5. The van der Waals surface area contributed by atoms with Crippen molar-refractivity contribution in [3.05, 3.63) is 65.5 Å². The predicted octanol–water partition coefficient (Wildman–Crippen LogP) is 3.37. The highest BCUT2D eigenvalue weighted by Crippen LogP contribution is 2.20. The van der Waals surface area contributed by atoms with E-state index in [1.54, 1.807) is 31.2 Å². The Labute approximate surface area is 198 Å². The van der Waals surface area contributed by atoms with Crippen molar-refractivity contribution in [1.29, 1.82) is 0 Å². The van der Waals surface area contributed by atoms with Crippen molar-refractivity contribution < 1.29 is 18.8 Å². The van der Waals surface area contributed by atoms with Crippen LogP contribution >= 0.6 is 0 Å². The lowest BCUT2D eigenvalue weighted by Gasteiger charge is -2.17. The lowest BCUT2D eigenvalue weighted by molar-refractivity contribution is 0.0793. The van der Waals surface area contributed by atoms with Crippen LogP contribution in [0, 0.1) is 0 Å². The summed E-state index contributed by atoms with van der Waals surface area (Å²) in [4.78, 5) is 32.7. The van der Waals surface area contributed by atoms with E-state index >= 15 is 0 Å². The summed E-state index contributed by atoms with van der Waals surface area (Å²) in [5, 5.41) is 6.91. The fourth-order valence-electron chi connectivity index (χ4n) is 3.76. The van der Waals surface area contributed by atoms with E-state index in [-0.39, 0.29) is 11.9 Å². The molecule has 2 aromatic carbocycles. The topological polar surface area (TPSA) is 101 Å². The summed E-state index contributed by atoms with van der Waals surface area (Å²) in [5.74, 6) is 1.74. The number of hydrogen-bond donors (Lipinski definition) is 1. The monoisotopic (exact) mass is 463 g/mol. The molecular formula is C25H29N5O4. The van der Waals surface area contributed by atoms with E-state index < -0.39 is 0 Å². The third kappa shape index (κ3) is 5.72. The van der Waals surface area contributed by atoms with E-state index in [0.29, 0.717) is 36.8 Å². The van der Waals surface area contributed by atoms with Crippen molar-refractivity contribution in [2.75, 3.05) is 33.8 Å². The molecule has 1 aliphatic heterocycles. The van der Waals surface area contributed by atoms with Gasteiger partial charge in [-0.1, -0.05) is 17.3 Å². The number of amides is 3. The van der Waals surface area contributed by atoms with E-state index in [2.05, 4.69) is 15.5 Å². The molecule has 9 heteroatoms. The number of methoxy groups -OCH3 is 1. The van der Waals surface area contributed by atoms with Gasteiger partial charge in [-0.2, -0.15) is 4.98 Å². The van der Waals surface area contributed by atoms with Crippen LogP contribution in [-0.4, -0.2) is 65.7 Å². The average molecular weight is 464 g/mol. The zero-order chi connectivity index (χ0) is 23.9. The van der Waals surface area contributed by atoms with Crippen LogP contribution in [0.1, 0.15) is 34.6 Å². The van der Waals surface area contributed by atoms with E-state index in [9.17, 15) is 9.59 Å². The van der Waals surface area contributed by atoms with Gasteiger partial charge in [0.25, 0.3) is 11.8 Å². The van der Waals surface area contributed by atoms with Gasteiger partial charge in [-0.15, -0.1) is 0 Å². The third-order valence-electron chi connectivity index (χ3n) is 5.86. The second kappa shape index (κ2) is 10.8. The second-order valence-corrected chi connectivity index (χ2v) is 8.27. The van der Waals surface area contributed by atoms with Crippen LogP contribution in [0.15, 0.2) is 53.1 Å². The number of nitrogens with zero attached hydrogens (tertiary/aromatic N) is 4. The van der Waals surface area contributed by atoms with Gasteiger partial charge < -0.3 is 24.4 Å². The summed E-state index contributed by atoms with van der Waals surface area (Å²) >= 11 is 0. The SMILES string of the molecule is COc1ccc(CNC(=O)N(C)CCc2noc(-c3ccc(C(=O)N4CCCC4)cc3)n2)cc1. The van der Waals surface area contributed by atoms with Crippen molar-refractivity contribution in [2.45, 2.75) is 25.8 Å². The first-order chi connectivity index (χ1) is 16.5. The number of urea groups is 1. The maximum atomic E-state index is 12.5. The second-order valence-electron chi connectivity index (χ2n) is 8.27.